The highest BCUT2D eigenvalue weighted by atomic mass is 35.5. The fraction of sp³-hybridized carbons (Fsp3) is 0.533. The lowest BCUT2D eigenvalue weighted by molar-refractivity contribution is 0.307. The molecule has 1 aromatic rings. The normalized spacial score (nSPS) is 17.4. The van der Waals surface area contributed by atoms with Crippen LogP contribution in [0.4, 0.5) is 5.69 Å². The molecule has 0 radical (unpaired) electrons. The minimum absolute atomic E-state index is 0.412. The van der Waals surface area contributed by atoms with Gasteiger partial charge in [-0.3, -0.25) is 0 Å². The molecule has 0 saturated heterocycles. The Labute approximate surface area is 114 Å². The van der Waals surface area contributed by atoms with Crippen LogP contribution in [0.15, 0.2) is 18.2 Å². The first-order valence-electron chi connectivity index (χ1n) is 6.63. The minimum atomic E-state index is 0.412. The molecule has 2 nitrogen and oxygen atoms in total. The summed E-state index contributed by atoms with van der Waals surface area (Å²) in [6.07, 6.45) is 6.44. The van der Waals surface area contributed by atoms with Crippen molar-refractivity contribution in [2.75, 3.05) is 11.9 Å². The number of anilines is 1. The van der Waals surface area contributed by atoms with E-state index < -0.39 is 0 Å². The number of rotatable bonds is 4. The zero-order chi connectivity index (χ0) is 13.0. The predicted molar refractivity (Wildman–Crippen MR) is 75.8 cm³/mol. The van der Waals surface area contributed by atoms with Gasteiger partial charge in [0.2, 0.25) is 0 Å². The monoisotopic (exact) mass is 262 g/mol. The second-order valence-corrected chi connectivity index (χ2v) is 5.60. The summed E-state index contributed by atoms with van der Waals surface area (Å²) in [5.74, 6) is 0. The van der Waals surface area contributed by atoms with E-state index in [2.05, 4.69) is 18.3 Å². The van der Waals surface area contributed by atoms with Crippen molar-refractivity contribution in [2.45, 2.75) is 39.0 Å². The van der Waals surface area contributed by atoms with Gasteiger partial charge in [-0.05, 0) is 36.8 Å². The van der Waals surface area contributed by atoms with E-state index in [4.69, 9.17) is 16.9 Å². The van der Waals surface area contributed by atoms with Crippen molar-refractivity contribution >= 4 is 17.3 Å². The van der Waals surface area contributed by atoms with Crippen LogP contribution in [0.2, 0.25) is 5.02 Å². The number of halogens is 1. The average molecular weight is 263 g/mol. The Kier molecular flexibility index (Phi) is 4.14. The zero-order valence-corrected chi connectivity index (χ0v) is 11.6. The fourth-order valence-electron chi connectivity index (χ4n) is 2.85. The number of nitrogens with one attached hydrogen (secondary N) is 1. The molecule has 1 aromatic carbocycles. The highest BCUT2D eigenvalue weighted by Gasteiger charge is 2.31. The van der Waals surface area contributed by atoms with Gasteiger partial charge in [0.1, 0.15) is 6.07 Å². The number of nitrogens with zero attached hydrogens (tertiary/aromatic N) is 1. The van der Waals surface area contributed by atoms with Gasteiger partial charge in [0.05, 0.1) is 16.3 Å². The van der Waals surface area contributed by atoms with Gasteiger partial charge in [-0.15, -0.1) is 0 Å². The first kappa shape index (κ1) is 13.2. The third-order valence-corrected chi connectivity index (χ3v) is 4.51. The van der Waals surface area contributed by atoms with Crippen LogP contribution in [0.25, 0.3) is 0 Å². The van der Waals surface area contributed by atoms with Gasteiger partial charge >= 0.3 is 0 Å². The van der Waals surface area contributed by atoms with E-state index in [1.165, 1.54) is 32.1 Å². The van der Waals surface area contributed by atoms with E-state index in [0.29, 0.717) is 16.0 Å². The van der Waals surface area contributed by atoms with Gasteiger partial charge in [-0.25, -0.2) is 0 Å². The molecule has 1 aliphatic carbocycles. The van der Waals surface area contributed by atoms with E-state index in [9.17, 15) is 0 Å². The summed E-state index contributed by atoms with van der Waals surface area (Å²) >= 11 is 6.03. The molecule has 0 bridgehead atoms. The number of hydrogen-bond donors (Lipinski definition) is 1. The molecular weight excluding hydrogens is 244 g/mol. The Hall–Kier alpha value is -1.20. The molecule has 2 rings (SSSR count). The summed E-state index contributed by atoms with van der Waals surface area (Å²) in [6, 6.07) is 7.76. The SMILES string of the molecule is CCC1(CNc2cccc(Cl)c2C#N)CCCC1. The molecule has 0 unspecified atom stereocenters. The van der Waals surface area contributed by atoms with Crippen molar-refractivity contribution in [3.05, 3.63) is 28.8 Å². The van der Waals surface area contributed by atoms with Crippen LogP contribution in [0.3, 0.4) is 0 Å². The Balaban J connectivity index is 2.11. The van der Waals surface area contributed by atoms with Gasteiger partial charge in [-0.1, -0.05) is 37.4 Å². The lowest BCUT2D eigenvalue weighted by atomic mass is 9.83. The molecule has 1 saturated carbocycles. The molecule has 0 aromatic heterocycles. The van der Waals surface area contributed by atoms with Crippen molar-refractivity contribution in [2.24, 2.45) is 5.41 Å². The van der Waals surface area contributed by atoms with Crippen molar-refractivity contribution in [3.63, 3.8) is 0 Å². The summed E-state index contributed by atoms with van der Waals surface area (Å²) in [6.45, 7) is 3.20. The molecule has 1 aliphatic rings. The van der Waals surface area contributed by atoms with E-state index in [-0.39, 0.29) is 0 Å². The topological polar surface area (TPSA) is 35.8 Å². The van der Waals surface area contributed by atoms with Crippen molar-refractivity contribution in [3.8, 4) is 6.07 Å². The molecule has 1 N–H and O–H groups in total. The molecule has 0 heterocycles. The largest absolute Gasteiger partial charge is 0.383 e. The zero-order valence-electron chi connectivity index (χ0n) is 10.8. The van der Waals surface area contributed by atoms with Crippen LogP contribution >= 0.6 is 11.6 Å². The first-order valence-corrected chi connectivity index (χ1v) is 7.01. The van der Waals surface area contributed by atoms with Crippen molar-refractivity contribution in [1.82, 2.24) is 0 Å². The molecule has 3 heteroatoms. The molecule has 1 fully saturated rings. The van der Waals surface area contributed by atoms with Gasteiger partial charge < -0.3 is 5.32 Å². The lowest BCUT2D eigenvalue weighted by Crippen LogP contribution is -2.26. The molecule has 0 spiro atoms. The van der Waals surface area contributed by atoms with Gasteiger partial charge in [-0.2, -0.15) is 5.26 Å². The Morgan fingerprint density at radius 2 is 2.11 bits per heavy atom. The molecular formula is C15H19ClN2. The van der Waals surface area contributed by atoms with Crippen LogP contribution < -0.4 is 5.32 Å². The van der Waals surface area contributed by atoms with Crippen LogP contribution in [-0.4, -0.2) is 6.54 Å². The van der Waals surface area contributed by atoms with Gasteiger partial charge in [0.15, 0.2) is 0 Å². The predicted octanol–water partition coefficient (Wildman–Crippen LogP) is 4.59. The first-order chi connectivity index (χ1) is 8.71. The van der Waals surface area contributed by atoms with Crippen molar-refractivity contribution in [1.29, 1.82) is 5.26 Å². The lowest BCUT2D eigenvalue weighted by Gasteiger charge is -2.28. The second kappa shape index (κ2) is 5.63. The quantitative estimate of drug-likeness (QED) is 0.861. The Morgan fingerprint density at radius 1 is 1.39 bits per heavy atom. The maximum Gasteiger partial charge on any atom is 0.103 e. The molecule has 96 valence electrons. The van der Waals surface area contributed by atoms with E-state index in [1.54, 1.807) is 6.07 Å². The maximum atomic E-state index is 9.14. The van der Waals surface area contributed by atoms with E-state index in [0.717, 1.165) is 12.2 Å². The highest BCUT2D eigenvalue weighted by Crippen LogP contribution is 2.41. The Morgan fingerprint density at radius 3 is 2.72 bits per heavy atom. The van der Waals surface area contributed by atoms with Gasteiger partial charge in [0, 0.05) is 6.54 Å². The summed E-state index contributed by atoms with van der Waals surface area (Å²) < 4.78 is 0. The van der Waals surface area contributed by atoms with Crippen LogP contribution in [0, 0.1) is 16.7 Å². The standard InChI is InChI=1S/C15H19ClN2/c1-2-15(8-3-4-9-15)11-18-14-7-5-6-13(16)12(14)10-17/h5-7,18H,2-4,8-9,11H2,1H3. The van der Waals surface area contributed by atoms with Crippen LogP contribution in [0.5, 0.6) is 0 Å². The second-order valence-electron chi connectivity index (χ2n) is 5.19. The number of benzene rings is 1. The average Bonchev–Trinajstić information content (AvgIpc) is 2.86. The fourth-order valence-corrected chi connectivity index (χ4v) is 3.06. The minimum Gasteiger partial charge on any atom is -0.383 e. The molecule has 0 atom stereocenters. The summed E-state index contributed by atoms with van der Waals surface area (Å²) in [4.78, 5) is 0. The molecule has 18 heavy (non-hydrogen) atoms. The number of nitriles is 1. The Bertz CT molecular complexity index is 456. The summed E-state index contributed by atoms with van der Waals surface area (Å²) in [5.41, 5.74) is 1.84. The molecule has 0 amide bonds. The van der Waals surface area contributed by atoms with E-state index >= 15 is 0 Å². The highest BCUT2D eigenvalue weighted by molar-refractivity contribution is 6.32. The van der Waals surface area contributed by atoms with Crippen LogP contribution in [-0.2, 0) is 0 Å². The smallest absolute Gasteiger partial charge is 0.103 e. The molecule has 0 aliphatic heterocycles. The van der Waals surface area contributed by atoms with Crippen LogP contribution in [0.1, 0.15) is 44.6 Å². The number of hydrogen-bond acceptors (Lipinski definition) is 2. The summed E-state index contributed by atoms with van der Waals surface area (Å²) in [7, 11) is 0. The van der Waals surface area contributed by atoms with Crippen molar-refractivity contribution < 1.29 is 0 Å². The van der Waals surface area contributed by atoms with Gasteiger partial charge in [0.25, 0.3) is 0 Å². The third kappa shape index (κ3) is 2.62. The third-order valence-electron chi connectivity index (χ3n) is 4.19. The van der Waals surface area contributed by atoms with E-state index in [1.807, 2.05) is 12.1 Å². The maximum absolute atomic E-state index is 9.14. The summed E-state index contributed by atoms with van der Waals surface area (Å²) in [5, 5.41) is 13.1.